The molecule has 1 aliphatic heterocycles. The van der Waals surface area contributed by atoms with Gasteiger partial charge in [0.25, 0.3) is 5.91 Å². The summed E-state index contributed by atoms with van der Waals surface area (Å²) in [5.74, 6) is -3.14. The largest absolute Gasteiger partial charge is 0.477 e. The highest BCUT2D eigenvalue weighted by Crippen LogP contribution is 2.38. The van der Waals surface area contributed by atoms with Gasteiger partial charge in [0.1, 0.15) is 28.6 Å². The van der Waals surface area contributed by atoms with E-state index in [0.717, 1.165) is 24.6 Å². The van der Waals surface area contributed by atoms with Crippen molar-refractivity contribution in [1.82, 2.24) is 24.3 Å². The van der Waals surface area contributed by atoms with E-state index in [1.807, 2.05) is 27.7 Å². The minimum Gasteiger partial charge on any atom is -0.477 e. The van der Waals surface area contributed by atoms with E-state index in [1.54, 1.807) is 37.1 Å². The third kappa shape index (κ3) is 5.93. The van der Waals surface area contributed by atoms with Crippen LogP contribution < -0.4 is 21.1 Å². The molecule has 0 spiro atoms. The molecule has 4 heterocycles. The Labute approximate surface area is 275 Å². The molecule has 1 aliphatic carbocycles. The van der Waals surface area contributed by atoms with Gasteiger partial charge in [-0.15, -0.1) is 0 Å². The minimum atomic E-state index is -1.35. The highest BCUT2D eigenvalue weighted by molar-refractivity contribution is 5.99. The Hall–Kier alpha value is -5.07. The van der Waals surface area contributed by atoms with Crippen LogP contribution in [0.1, 0.15) is 72.5 Å². The lowest BCUT2D eigenvalue weighted by molar-refractivity contribution is -0.134. The average molecular weight is 659 g/mol. The topological polar surface area (TPSA) is 147 Å². The molecule has 48 heavy (non-hydrogen) atoms. The summed E-state index contributed by atoms with van der Waals surface area (Å²) in [5, 5.41) is 12.7. The summed E-state index contributed by atoms with van der Waals surface area (Å²) in [6.07, 6.45) is 5.12. The summed E-state index contributed by atoms with van der Waals surface area (Å²) in [5.41, 5.74) is 0.364. The van der Waals surface area contributed by atoms with Crippen LogP contribution in [-0.4, -0.2) is 74.1 Å². The van der Waals surface area contributed by atoms with Gasteiger partial charge >= 0.3 is 5.97 Å². The van der Waals surface area contributed by atoms with Gasteiger partial charge in [0.2, 0.25) is 16.8 Å². The third-order valence-electron chi connectivity index (χ3n) is 9.62. The zero-order valence-corrected chi connectivity index (χ0v) is 27.5. The lowest BCUT2D eigenvalue weighted by Crippen LogP contribution is -2.57. The fourth-order valence-electron chi connectivity index (χ4n) is 6.44. The van der Waals surface area contributed by atoms with Gasteiger partial charge in [0.05, 0.1) is 16.6 Å². The molecule has 13 heteroatoms. The maximum Gasteiger partial charge on any atom is 0.341 e. The van der Waals surface area contributed by atoms with Crippen LogP contribution in [0.4, 0.5) is 10.1 Å². The van der Waals surface area contributed by atoms with E-state index in [4.69, 9.17) is 0 Å². The molecule has 2 N–H and O–H groups in total. The number of piperazine rings is 1. The number of amides is 2. The van der Waals surface area contributed by atoms with Crippen LogP contribution in [0.3, 0.4) is 0 Å². The Morgan fingerprint density at radius 3 is 2.31 bits per heavy atom. The Kier molecular flexibility index (Phi) is 8.80. The van der Waals surface area contributed by atoms with Crippen molar-refractivity contribution in [3.05, 3.63) is 79.7 Å². The molecule has 252 valence electrons. The number of carboxylic acid groups (broad SMARTS) is 1. The second-order valence-electron chi connectivity index (χ2n) is 12.8. The molecular formula is C35H39FN6O6. The molecule has 3 aromatic heterocycles. The SMILES string of the molecule is CC[C@H](C)[C@H](NC(=O)c1cn(CC)c2nc(C)ccc2c1=O)C(=O)N1CCN(c2cc3c(cc2F)c(=O)c(C(=O)O)cn3C2CC2)CC1. The lowest BCUT2D eigenvalue weighted by Gasteiger charge is -2.38. The third-order valence-corrected chi connectivity index (χ3v) is 9.62. The second kappa shape index (κ2) is 12.9. The number of benzene rings is 1. The number of aromatic nitrogens is 3. The van der Waals surface area contributed by atoms with E-state index in [2.05, 4.69) is 10.3 Å². The number of carboxylic acids is 1. The molecule has 4 aromatic rings. The number of carbonyl (C=O) groups excluding carboxylic acids is 2. The number of anilines is 1. The van der Waals surface area contributed by atoms with Crippen LogP contribution >= 0.6 is 0 Å². The summed E-state index contributed by atoms with van der Waals surface area (Å²) in [4.78, 5) is 73.4. The molecule has 0 radical (unpaired) electrons. The zero-order chi connectivity index (χ0) is 34.4. The average Bonchev–Trinajstić information content (AvgIpc) is 3.92. The number of aryl methyl sites for hydroxylation is 2. The molecule has 2 aliphatic rings. The predicted octanol–water partition coefficient (Wildman–Crippen LogP) is 3.71. The fourth-order valence-corrected chi connectivity index (χ4v) is 6.44. The van der Waals surface area contributed by atoms with Gasteiger partial charge in [0.15, 0.2) is 0 Å². The van der Waals surface area contributed by atoms with Crippen molar-refractivity contribution in [2.24, 2.45) is 5.92 Å². The molecule has 12 nitrogen and oxygen atoms in total. The van der Waals surface area contributed by atoms with Crippen LogP contribution in [0.5, 0.6) is 0 Å². The number of nitrogens with zero attached hydrogens (tertiary/aromatic N) is 5. The molecule has 2 atom stereocenters. The first-order valence-corrected chi connectivity index (χ1v) is 16.4. The maximum absolute atomic E-state index is 15.5. The standard InChI is InChI=1S/C35H39FN6O6/c1-5-19(3)29(38-33(45)24-17-39(6-2)32-22(30(24)43)10-7-20(4)37-32)34(46)41-13-11-40(12-14-41)28-16-27-23(15-26(28)36)31(44)25(35(47)48)18-42(27)21-8-9-21/h7,10,15-19,21,29H,5-6,8-9,11-14H2,1-4H3,(H,38,45)(H,47,48)/t19-,29-/m0/s1. The first-order chi connectivity index (χ1) is 22.9. The maximum atomic E-state index is 15.5. The number of carbonyl (C=O) groups is 3. The molecule has 1 aromatic carbocycles. The molecule has 2 fully saturated rings. The van der Waals surface area contributed by atoms with Crippen LogP contribution in [0.25, 0.3) is 21.9 Å². The number of hydrogen-bond donors (Lipinski definition) is 2. The smallest absolute Gasteiger partial charge is 0.341 e. The van der Waals surface area contributed by atoms with Gasteiger partial charge in [-0.3, -0.25) is 19.2 Å². The van der Waals surface area contributed by atoms with E-state index < -0.39 is 34.6 Å². The number of hydrogen-bond acceptors (Lipinski definition) is 7. The molecule has 0 bridgehead atoms. The highest BCUT2D eigenvalue weighted by atomic mass is 19.1. The second-order valence-corrected chi connectivity index (χ2v) is 12.8. The molecule has 6 rings (SSSR count). The number of fused-ring (bicyclic) bond motifs is 2. The minimum absolute atomic E-state index is 0.0208. The highest BCUT2D eigenvalue weighted by Gasteiger charge is 2.34. The van der Waals surface area contributed by atoms with Gasteiger partial charge in [-0.1, -0.05) is 20.3 Å². The Morgan fingerprint density at radius 2 is 1.69 bits per heavy atom. The van der Waals surface area contributed by atoms with Crippen molar-refractivity contribution in [3.8, 4) is 0 Å². The Morgan fingerprint density at radius 1 is 1.00 bits per heavy atom. The van der Waals surface area contributed by atoms with Crippen molar-refractivity contribution in [2.75, 3.05) is 31.1 Å². The van der Waals surface area contributed by atoms with Crippen molar-refractivity contribution >= 4 is 45.4 Å². The number of nitrogens with one attached hydrogen (secondary N) is 1. The van der Waals surface area contributed by atoms with E-state index in [9.17, 15) is 29.1 Å². The molecule has 1 saturated carbocycles. The quantitative estimate of drug-likeness (QED) is 0.277. The Bertz CT molecular complexity index is 2080. The molecule has 1 saturated heterocycles. The van der Waals surface area contributed by atoms with E-state index in [0.29, 0.717) is 42.6 Å². The van der Waals surface area contributed by atoms with Crippen LogP contribution in [0, 0.1) is 18.7 Å². The Balaban J connectivity index is 1.22. The van der Waals surface area contributed by atoms with E-state index >= 15 is 4.39 Å². The van der Waals surface area contributed by atoms with Crippen LogP contribution in [-0.2, 0) is 11.3 Å². The number of rotatable bonds is 9. The first-order valence-electron chi connectivity index (χ1n) is 16.4. The summed E-state index contributed by atoms with van der Waals surface area (Å²) < 4.78 is 19.0. The van der Waals surface area contributed by atoms with Gasteiger partial charge in [-0.2, -0.15) is 0 Å². The van der Waals surface area contributed by atoms with Gasteiger partial charge in [0, 0.05) is 62.2 Å². The molecule has 2 amide bonds. The zero-order valence-electron chi connectivity index (χ0n) is 27.5. The summed E-state index contributed by atoms with van der Waals surface area (Å²) >= 11 is 0. The predicted molar refractivity (Wildman–Crippen MR) is 179 cm³/mol. The van der Waals surface area contributed by atoms with E-state index in [1.165, 1.54) is 12.4 Å². The van der Waals surface area contributed by atoms with Crippen LogP contribution in [0.15, 0.2) is 46.2 Å². The fraction of sp³-hybridized carbons (Fsp3) is 0.429. The normalized spacial score (nSPS) is 16.3. The van der Waals surface area contributed by atoms with Crippen molar-refractivity contribution in [2.45, 2.75) is 65.6 Å². The molecule has 0 unspecified atom stereocenters. The first kappa shape index (κ1) is 32.9. The van der Waals surface area contributed by atoms with Crippen molar-refractivity contribution in [3.63, 3.8) is 0 Å². The van der Waals surface area contributed by atoms with Crippen molar-refractivity contribution < 1.29 is 23.9 Å². The van der Waals surface area contributed by atoms with Crippen LogP contribution in [0.2, 0.25) is 0 Å². The summed E-state index contributed by atoms with van der Waals surface area (Å²) in [7, 11) is 0. The summed E-state index contributed by atoms with van der Waals surface area (Å²) in [6, 6.07) is 5.26. The van der Waals surface area contributed by atoms with Gasteiger partial charge in [-0.25, -0.2) is 14.2 Å². The lowest BCUT2D eigenvalue weighted by atomic mass is 9.97. The number of pyridine rings is 3. The van der Waals surface area contributed by atoms with Crippen molar-refractivity contribution in [1.29, 1.82) is 0 Å². The van der Waals surface area contributed by atoms with Gasteiger partial charge in [-0.05, 0) is 56.9 Å². The molecular weight excluding hydrogens is 619 g/mol. The van der Waals surface area contributed by atoms with Gasteiger partial charge < -0.3 is 29.4 Å². The monoisotopic (exact) mass is 658 g/mol. The van der Waals surface area contributed by atoms with E-state index in [-0.39, 0.29) is 53.2 Å². The number of halogens is 1. The summed E-state index contributed by atoms with van der Waals surface area (Å²) in [6.45, 7) is 9.13. The number of aromatic carboxylic acids is 1.